The van der Waals surface area contributed by atoms with Crippen molar-refractivity contribution in [1.29, 1.82) is 0 Å². The largest absolute Gasteiger partial charge is 0.369 e. The molecule has 0 atom stereocenters. The lowest BCUT2D eigenvalue weighted by atomic mass is 10.3. The van der Waals surface area contributed by atoms with Crippen LogP contribution in [0.3, 0.4) is 0 Å². The van der Waals surface area contributed by atoms with Gasteiger partial charge in [0.25, 0.3) is 0 Å². The Kier molecular flexibility index (Phi) is 4.36. The minimum Gasteiger partial charge on any atom is -0.264 e. The number of anilines is 2. The molecule has 1 aliphatic rings. The first-order valence-corrected chi connectivity index (χ1v) is 7.47. The molecule has 0 aliphatic carbocycles. The number of carbonyl (C=O) groups excluding carboxylic acids is 2. The van der Waals surface area contributed by atoms with Gasteiger partial charge in [0.15, 0.2) is 0 Å². The van der Waals surface area contributed by atoms with E-state index in [1.54, 1.807) is 0 Å². The minimum absolute atomic E-state index is 0.0802. The fraction of sp³-hybridized carbons (Fsp3) is 0.0667. The molecule has 24 heavy (non-hydrogen) atoms. The summed E-state index contributed by atoms with van der Waals surface area (Å²) >= 11 is 0.567. The topological polar surface area (TPSA) is 53.1 Å². The summed E-state index contributed by atoms with van der Waals surface area (Å²) in [6.07, 6.45) is 0. The van der Waals surface area contributed by atoms with Crippen LogP contribution in [0.15, 0.2) is 48.5 Å². The number of amides is 4. The molecule has 0 spiro atoms. The van der Waals surface area contributed by atoms with Crippen LogP contribution in [-0.4, -0.2) is 24.2 Å². The van der Waals surface area contributed by atoms with Crippen LogP contribution in [0.5, 0.6) is 0 Å². The van der Waals surface area contributed by atoms with Crippen molar-refractivity contribution in [2.75, 3.05) is 15.7 Å². The minimum atomic E-state index is -0.898. The Bertz CT molecular complexity index is 742. The third-order valence-electron chi connectivity index (χ3n) is 3.18. The van der Waals surface area contributed by atoms with Gasteiger partial charge < -0.3 is 0 Å². The average Bonchev–Trinajstić information content (AvgIpc) is 2.57. The Balaban J connectivity index is 2.06. The molecule has 1 heterocycles. The highest BCUT2D eigenvalue weighted by Crippen LogP contribution is 2.37. The molecule has 1 fully saturated rings. The number of para-hydroxylation sites is 2. The van der Waals surface area contributed by atoms with E-state index in [1.165, 1.54) is 48.5 Å². The van der Waals surface area contributed by atoms with E-state index in [1.807, 2.05) is 0 Å². The molecular formula is C15H11F2N3O3S. The zero-order valence-electron chi connectivity index (χ0n) is 12.3. The molecule has 0 aromatic heterocycles. The first kappa shape index (κ1) is 16.2. The molecular weight excluding hydrogens is 340 g/mol. The number of hydrogen-bond acceptors (Lipinski definition) is 4. The van der Waals surface area contributed by atoms with Crippen LogP contribution >= 0.6 is 12.1 Å². The van der Waals surface area contributed by atoms with Gasteiger partial charge in [-0.15, -0.1) is 5.06 Å². The van der Waals surface area contributed by atoms with E-state index < -0.39 is 23.7 Å². The van der Waals surface area contributed by atoms with Crippen LogP contribution in [0.25, 0.3) is 0 Å². The van der Waals surface area contributed by atoms with Crippen molar-refractivity contribution in [3.8, 4) is 0 Å². The number of nitrogens with zero attached hydrogens (tertiary/aromatic N) is 3. The quantitative estimate of drug-likeness (QED) is 0.786. The van der Waals surface area contributed by atoms with Gasteiger partial charge in [-0.2, -0.15) is 0 Å². The van der Waals surface area contributed by atoms with Crippen LogP contribution in [-0.2, 0) is 4.84 Å². The summed E-state index contributed by atoms with van der Waals surface area (Å²) in [5, 5.41) is 0.426. The molecule has 0 bridgehead atoms. The predicted octanol–water partition coefficient (Wildman–Crippen LogP) is 3.96. The monoisotopic (exact) mass is 351 g/mol. The van der Waals surface area contributed by atoms with E-state index in [0.717, 1.165) is 15.7 Å². The summed E-state index contributed by atoms with van der Waals surface area (Å²) in [6.45, 7) is 0. The number of halogens is 2. The molecule has 3 rings (SSSR count). The number of hydroxylamine groups is 2. The molecule has 0 radical (unpaired) electrons. The van der Waals surface area contributed by atoms with Crippen molar-refractivity contribution in [2.24, 2.45) is 0 Å². The van der Waals surface area contributed by atoms with Gasteiger partial charge in [-0.1, -0.05) is 24.3 Å². The number of urea groups is 2. The summed E-state index contributed by atoms with van der Waals surface area (Å²) < 4.78 is 29.9. The van der Waals surface area contributed by atoms with Gasteiger partial charge >= 0.3 is 12.1 Å². The van der Waals surface area contributed by atoms with Crippen molar-refractivity contribution >= 4 is 35.6 Å². The molecule has 124 valence electrons. The Labute approximate surface area is 140 Å². The van der Waals surface area contributed by atoms with Crippen LogP contribution in [0.4, 0.5) is 29.7 Å². The van der Waals surface area contributed by atoms with Crippen molar-refractivity contribution in [3.63, 3.8) is 0 Å². The lowest BCUT2D eigenvalue weighted by Crippen LogP contribution is -2.54. The van der Waals surface area contributed by atoms with Gasteiger partial charge in [-0.25, -0.2) is 27.0 Å². The van der Waals surface area contributed by atoms with E-state index in [2.05, 4.69) is 0 Å². The van der Waals surface area contributed by atoms with Gasteiger partial charge in [-0.05, 0) is 24.3 Å². The fourth-order valence-corrected chi connectivity index (χ4v) is 3.00. The van der Waals surface area contributed by atoms with E-state index in [0.29, 0.717) is 17.2 Å². The first-order chi connectivity index (χ1) is 11.5. The predicted molar refractivity (Wildman–Crippen MR) is 85.0 cm³/mol. The van der Waals surface area contributed by atoms with Gasteiger partial charge in [-0.3, -0.25) is 4.84 Å². The van der Waals surface area contributed by atoms with Crippen molar-refractivity contribution in [2.45, 2.75) is 0 Å². The summed E-state index contributed by atoms with van der Waals surface area (Å²) in [4.78, 5) is 29.6. The number of benzene rings is 2. The number of rotatable bonds is 3. The number of hydrogen-bond donors (Lipinski definition) is 0. The number of imide groups is 1. The van der Waals surface area contributed by atoms with E-state index in [4.69, 9.17) is 4.84 Å². The van der Waals surface area contributed by atoms with Crippen molar-refractivity contribution < 1.29 is 23.2 Å². The zero-order valence-corrected chi connectivity index (χ0v) is 13.2. The van der Waals surface area contributed by atoms with E-state index >= 15 is 0 Å². The lowest BCUT2D eigenvalue weighted by molar-refractivity contribution is -0.0405. The maximum absolute atomic E-state index is 14.0. The highest BCUT2D eigenvalue weighted by atomic mass is 32.2. The average molecular weight is 351 g/mol. The maximum Gasteiger partial charge on any atom is 0.369 e. The van der Waals surface area contributed by atoms with Crippen LogP contribution in [0, 0.1) is 11.6 Å². The molecule has 4 amide bonds. The molecule has 0 N–H and O–H groups in total. The molecule has 1 aliphatic heterocycles. The smallest absolute Gasteiger partial charge is 0.264 e. The van der Waals surface area contributed by atoms with E-state index in [-0.39, 0.29) is 11.4 Å². The summed E-state index contributed by atoms with van der Waals surface area (Å²) in [5.41, 5.74) is -0.160. The number of carbonyl (C=O) groups is 2. The highest BCUT2D eigenvalue weighted by Gasteiger charge is 2.42. The molecule has 1 saturated heterocycles. The third kappa shape index (κ3) is 2.68. The second kappa shape index (κ2) is 6.46. The van der Waals surface area contributed by atoms with Crippen LogP contribution in [0.2, 0.25) is 0 Å². The SMILES string of the molecule is CON1C(=O)N(c2ccccc2F)SN(c2ccccc2F)C1=O. The molecule has 2 aromatic rings. The van der Waals surface area contributed by atoms with Crippen LogP contribution in [0.1, 0.15) is 0 Å². The molecule has 2 aromatic carbocycles. The van der Waals surface area contributed by atoms with Crippen molar-refractivity contribution in [1.82, 2.24) is 5.06 Å². The molecule has 6 nitrogen and oxygen atoms in total. The van der Waals surface area contributed by atoms with Gasteiger partial charge in [0.1, 0.15) is 11.6 Å². The van der Waals surface area contributed by atoms with Gasteiger partial charge in [0.05, 0.1) is 30.6 Å². The second-order valence-electron chi connectivity index (χ2n) is 4.62. The first-order valence-electron chi connectivity index (χ1n) is 6.74. The Hall–Kier alpha value is -2.65. The lowest BCUT2D eigenvalue weighted by Gasteiger charge is -2.37. The third-order valence-corrected chi connectivity index (χ3v) is 4.22. The zero-order chi connectivity index (χ0) is 17.3. The molecule has 0 unspecified atom stereocenters. The Morgan fingerprint density at radius 3 is 1.62 bits per heavy atom. The second-order valence-corrected chi connectivity index (χ2v) is 5.51. The Morgan fingerprint density at radius 1 is 0.833 bits per heavy atom. The summed E-state index contributed by atoms with van der Waals surface area (Å²) in [5.74, 6) is -1.34. The molecule has 0 saturated carbocycles. The van der Waals surface area contributed by atoms with Gasteiger partial charge in [0, 0.05) is 0 Å². The summed E-state index contributed by atoms with van der Waals surface area (Å²) in [6, 6.07) is 9.27. The standard InChI is InChI=1S/C15H11F2N3O3S/c1-23-18-14(21)19(12-8-4-2-6-10(12)16)24-20(15(18)22)13-9-5-3-7-11(13)17/h2-9H,1H3. The van der Waals surface area contributed by atoms with Crippen LogP contribution < -0.4 is 8.61 Å². The Morgan fingerprint density at radius 2 is 1.25 bits per heavy atom. The summed E-state index contributed by atoms with van der Waals surface area (Å²) in [7, 11) is 1.12. The fourth-order valence-electron chi connectivity index (χ4n) is 2.08. The van der Waals surface area contributed by atoms with Gasteiger partial charge in [0.2, 0.25) is 0 Å². The van der Waals surface area contributed by atoms with E-state index in [9.17, 15) is 18.4 Å². The van der Waals surface area contributed by atoms with Crippen molar-refractivity contribution in [3.05, 3.63) is 60.2 Å². The maximum atomic E-state index is 14.0. The molecule has 9 heteroatoms. The highest BCUT2D eigenvalue weighted by molar-refractivity contribution is 8.03. The normalized spacial score (nSPS) is 15.2.